The van der Waals surface area contributed by atoms with Crippen LogP contribution in [-0.4, -0.2) is 35.9 Å². The molecule has 2 amide bonds. The van der Waals surface area contributed by atoms with Crippen molar-refractivity contribution in [3.8, 4) is 5.75 Å². The van der Waals surface area contributed by atoms with Gasteiger partial charge in [0.05, 0.1) is 4.47 Å². The van der Waals surface area contributed by atoms with E-state index in [1.165, 1.54) is 4.90 Å². The van der Waals surface area contributed by atoms with E-state index in [-0.39, 0.29) is 25.0 Å². The second kappa shape index (κ2) is 12.6. The van der Waals surface area contributed by atoms with Crippen molar-refractivity contribution in [2.75, 3.05) is 13.2 Å². The SMILES string of the molecule is CC[C@@H](C(=O)NCC(C)C)N(Cc1ccc(Cl)cc1Cl)C(=O)COc1ccc2ccccc2c1Br. The van der Waals surface area contributed by atoms with E-state index in [4.69, 9.17) is 27.9 Å². The van der Waals surface area contributed by atoms with Gasteiger partial charge in [0.15, 0.2) is 6.61 Å². The normalized spacial score (nSPS) is 12.0. The monoisotopic (exact) mass is 578 g/mol. The van der Waals surface area contributed by atoms with Gasteiger partial charge in [-0.25, -0.2) is 0 Å². The summed E-state index contributed by atoms with van der Waals surface area (Å²) >= 11 is 16.0. The number of halogens is 3. The van der Waals surface area contributed by atoms with Crippen LogP contribution in [0.25, 0.3) is 10.8 Å². The molecule has 0 fully saturated rings. The summed E-state index contributed by atoms with van der Waals surface area (Å²) in [5.41, 5.74) is 0.700. The Kier molecular flexibility index (Phi) is 9.84. The summed E-state index contributed by atoms with van der Waals surface area (Å²) in [5.74, 6) is 0.327. The van der Waals surface area contributed by atoms with E-state index in [1.807, 2.05) is 57.2 Å². The highest BCUT2D eigenvalue weighted by Gasteiger charge is 2.29. The average Bonchev–Trinajstić information content (AvgIpc) is 2.83. The average molecular weight is 580 g/mol. The molecule has 0 aliphatic carbocycles. The van der Waals surface area contributed by atoms with Crippen molar-refractivity contribution >= 4 is 61.7 Å². The molecule has 0 saturated heterocycles. The van der Waals surface area contributed by atoms with Gasteiger partial charge in [-0.3, -0.25) is 9.59 Å². The third kappa shape index (κ3) is 7.12. The van der Waals surface area contributed by atoms with Crippen LogP contribution >= 0.6 is 39.1 Å². The van der Waals surface area contributed by atoms with Crippen molar-refractivity contribution in [2.45, 2.75) is 39.8 Å². The molecule has 0 saturated carbocycles. The number of nitrogens with zero attached hydrogens (tertiary/aromatic N) is 1. The summed E-state index contributed by atoms with van der Waals surface area (Å²) in [6.45, 7) is 6.38. The summed E-state index contributed by atoms with van der Waals surface area (Å²) in [4.78, 5) is 28.0. The number of benzene rings is 3. The molecule has 0 radical (unpaired) electrons. The van der Waals surface area contributed by atoms with E-state index in [1.54, 1.807) is 18.2 Å². The lowest BCUT2D eigenvalue weighted by Gasteiger charge is -2.31. The van der Waals surface area contributed by atoms with Crippen molar-refractivity contribution in [1.29, 1.82) is 0 Å². The molecule has 1 N–H and O–H groups in total. The number of carbonyl (C=O) groups excluding carboxylic acids is 2. The maximum atomic E-state index is 13.5. The molecule has 0 heterocycles. The lowest BCUT2D eigenvalue weighted by molar-refractivity contribution is -0.143. The molecule has 8 heteroatoms. The van der Waals surface area contributed by atoms with Crippen molar-refractivity contribution in [3.63, 3.8) is 0 Å². The topological polar surface area (TPSA) is 58.6 Å². The van der Waals surface area contributed by atoms with Crippen LogP contribution in [0, 0.1) is 5.92 Å². The van der Waals surface area contributed by atoms with E-state index in [0.29, 0.717) is 40.2 Å². The summed E-state index contributed by atoms with van der Waals surface area (Å²) < 4.78 is 6.70. The Labute approximate surface area is 224 Å². The molecule has 1 atom stereocenters. The molecule has 5 nitrogen and oxygen atoms in total. The van der Waals surface area contributed by atoms with Gasteiger partial charge in [-0.2, -0.15) is 0 Å². The lowest BCUT2D eigenvalue weighted by Crippen LogP contribution is -2.50. The van der Waals surface area contributed by atoms with Gasteiger partial charge in [0.2, 0.25) is 5.91 Å². The minimum Gasteiger partial charge on any atom is -0.483 e. The highest BCUT2D eigenvalue weighted by molar-refractivity contribution is 9.10. The zero-order chi connectivity index (χ0) is 25.5. The summed E-state index contributed by atoms with van der Waals surface area (Å²) in [6, 6.07) is 16.1. The molecule has 35 heavy (non-hydrogen) atoms. The third-order valence-corrected chi connectivity index (χ3v) is 7.01. The first-order valence-electron chi connectivity index (χ1n) is 11.5. The van der Waals surface area contributed by atoms with E-state index in [2.05, 4.69) is 21.2 Å². The summed E-state index contributed by atoms with van der Waals surface area (Å²) in [7, 11) is 0. The van der Waals surface area contributed by atoms with E-state index in [9.17, 15) is 9.59 Å². The Morgan fingerprint density at radius 1 is 1.09 bits per heavy atom. The van der Waals surface area contributed by atoms with Crippen molar-refractivity contribution in [1.82, 2.24) is 10.2 Å². The van der Waals surface area contributed by atoms with E-state index in [0.717, 1.165) is 15.2 Å². The highest BCUT2D eigenvalue weighted by Crippen LogP contribution is 2.33. The number of fused-ring (bicyclic) bond motifs is 1. The Bertz CT molecular complexity index is 1200. The minimum absolute atomic E-state index is 0.157. The van der Waals surface area contributed by atoms with Crippen molar-refractivity contribution in [3.05, 3.63) is 74.7 Å². The van der Waals surface area contributed by atoms with Gasteiger partial charge in [0.25, 0.3) is 5.91 Å². The van der Waals surface area contributed by atoms with E-state index >= 15 is 0 Å². The summed E-state index contributed by atoms with van der Waals surface area (Å²) in [5, 5.41) is 5.93. The zero-order valence-corrected chi connectivity index (χ0v) is 23.1. The van der Waals surface area contributed by atoms with Crippen molar-refractivity contribution < 1.29 is 14.3 Å². The minimum atomic E-state index is -0.670. The molecule has 3 rings (SSSR count). The highest BCUT2D eigenvalue weighted by atomic mass is 79.9. The molecule has 0 unspecified atom stereocenters. The van der Waals surface area contributed by atoms with Crippen LogP contribution in [-0.2, 0) is 16.1 Å². The largest absolute Gasteiger partial charge is 0.483 e. The van der Waals surface area contributed by atoms with Crippen LogP contribution in [0.4, 0.5) is 0 Å². The van der Waals surface area contributed by atoms with Gasteiger partial charge < -0.3 is 15.0 Å². The predicted octanol–water partition coefficient (Wildman–Crippen LogP) is 6.87. The first kappa shape index (κ1) is 27.3. The second-order valence-corrected chi connectivity index (χ2v) is 10.3. The van der Waals surface area contributed by atoms with Gasteiger partial charge in [-0.05, 0) is 62.8 Å². The molecule has 3 aromatic carbocycles. The maximum absolute atomic E-state index is 13.5. The van der Waals surface area contributed by atoms with Crippen LogP contribution in [0.1, 0.15) is 32.8 Å². The van der Waals surface area contributed by atoms with Gasteiger partial charge in [0, 0.05) is 23.1 Å². The molecular weight excluding hydrogens is 551 g/mol. The van der Waals surface area contributed by atoms with Crippen LogP contribution < -0.4 is 10.1 Å². The Morgan fingerprint density at radius 2 is 1.83 bits per heavy atom. The number of ether oxygens (including phenoxy) is 1. The van der Waals surface area contributed by atoms with Gasteiger partial charge in [-0.15, -0.1) is 0 Å². The number of carbonyl (C=O) groups is 2. The zero-order valence-electron chi connectivity index (χ0n) is 20.0. The van der Waals surface area contributed by atoms with Gasteiger partial charge >= 0.3 is 0 Å². The molecule has 0 spiro atoms. The molecule has 186 valence electrons. The maximum Gasteiger partial charge on any atom is 0.261 e. The summed E-state index contributed by atoms with van der Waals surface area (Å²) in [6.07, 6.45) is 0.445. The number of rotatable bonds is 10. The molecule has 0 bridgehead atoms. The van der Waals surface area contributed by atoms with Crippen LogP contribution in [0.15, 0.2) is 59.1 Å². The Balaban J connectivity index is 1.84. The first-order chi connectivity index (χ1) is 16.7. The first-order valence-corrected chi connectivity index (χ1v) is 13.1. The fraction of sp³-hybridized carbons (Fsp3) is 0.333. The predicted molar refractivity (Wildman–Crippen MR) is 146 cm³/mol. The fourth-order valence-electron chi connectivity index (χ4n) is 3.72. The smallest absolute Gasteiger partial charge is 0.261 e. The van der Waals surface area contributed by atoms with Gasteiger partial charge in [-0.1, -0.05) is 80.4 Å². The van der Waals surface area contributed by atoms with Crippen LogP contribution in [0.2, 0.25) is 10.0 Å². The van der Waals surface area contributed by atoms with Crippen LogP contribution in [0.3, 0.4) is 0 Å². The molecule has 0 aromatic heterocycles. The van der Waals surface area contributed by atoms with Crippen molar-refractivity contribution in [2.24, 2.45) is 5.92 Å². The molecule has 0 aliphatic heterocycles. The van der Waals surface area contributed by atoms with Gasteiger partial charge in [0.1, 0.15) is 11.8 Å². The Hall–Kier alpha value is -2.28. The Morgan fingerprint density at radius 3 is 2.51 bits per heavy atom. The molecule has 3 aromatic rings. The number of amides is 2. The van der Waals surface area contributed by atoms with Crippen LogP contribution in [0.5, 0.6) is 5.75 Å². The number of hydrogen-bond donors (Lipinski definition) is 1. The molecular formula is C27H29BrCl2N2O3. The fourth-order valence-corrected chi connectivity index (χ4v) is 4.80. The molecule has 0 aliphatic rings. The number of hydrogen-bond acceptors (Lipinski definition) is 3. The van der Waals surface area contributed by atoms with E-state index < -0.39 is 6.04 Å². The third-order valence-electron chi connectivity index (χ3n) is 5.61. The standard InChI is InChI=1S/C27H29BrCl2N2O3/c1-4-23(27(34)31-14-17(2)3)32(15-19-9-11-20(29)13-22(19)30)25(33)16-35-24-12-10-18-7-5-6-8-21(18)26(24)28/h5-13,17,23H,4,14-16H2,1-3H3,(H,31,34)/t23-/m0/s1. The lowest BCUT2D eigenvalue weighted by atomic mass is 10.1. The number of nitrogens with one attached hydrogen (secondary N) is 1. The second-order valence-electron chi connectivity index (χ2n) is 8.71. The quantitative estimate of drug-likeness (QED) is 0.285.